The van der Waals surface area contributed by atoms with Gasteiger partial charge in [-0.2, -0.15) is 0 Å². The highest BCUT2D eigenvalue weighted by molar-refractivity contribution is 5.90. The van der Waals surface area contributed by atoms with Crippen LogP contribution in [-0.4, -0.2) is 79.7 Å². The van der Waals surface area contributed by atoms with E-state index in [0.717, 1.165) is 88.2 Å². The Morgan fingerprint density at radius 1 is 0.830 bits per heavy atom. The van der Waals surface area contributed by atoms with E-state index in [1.807, 2.05) is 38.1 Å². The monoisotopic (exact) mass is 715 g/mol. The summed E-state index contributed by atoms with van der Waals surface area (Å²) in [7, 11) is 1.27. The van der Waals surface area contributed by atoms with Crippen LogP contribution in [0.2, 0.25) is 0 Å². The zero-order valence-electron chi connectivity index (χ0n) is 30.5. The van der Waals surface area contributed by atoms with Gasteiger partial charge in [-0.15, -0.1) is 0 Å². The number of nitrogens with zero attached hydrogens (tertiary/aromatic N) is 4. The number of alkyl carbamates (subject to hydrolysis) is 1. The lowest BCUT2D eigenvalue weighted by Gasteiger charge is -2.35. The second-order valence-corrected chi connectivity index (χ2v) is 15.4. The first kappa shape index (κ1) is 34.4. The summed E-state index contributed by atoms with van der Waals surface area (Å²) in [5.74, 6) is 1.78. The molecular weight excluding hydrogens is 670 g/mol. The number of likely N-dealkylation sites (tertiary alicyclic amines) is 2. The number of nitrogens with one attached hydrogen (secondary N) is 3. The predicted octanol–water partition coefficient (Wildman–Crippen LogP) is 7.77. The Labute approximate surface area is 308 Å². The Bertz CT molecular complexity index is 2170. The van der Waals surface area contributed by atoms with Crippen LogP contribution >= 0.6 is 0 Å². The molecule has 12 heteroatoms. The van der Waals surface area contributed by atoms with Gasteiger partial charge in [0.25, 0.3) is 0 Å². The minimum atomic E-state index is -0.628. The van der Waals surface area contributed by atoms with Crippen molar-refractivity contribution in [2.75, 3.05) is 20.2 Å². The van der Waals surface area contributed by atoms with Crippen molar-refractivity contribution in [3.63, 3.8) is 0 Å². The van der Waals surface area contributed by atoms with Gasteiger partial charge in [-0.3, -0.25) is 9.69 Å². The van der Waals surface area contributed by atoms with E-state index < -0.39 is 11.7 Å². The van der Waals surface area contributed by atoms with Gasteiger partial charge in [0, 0.05) is 18.2 Å². The second kappa shape index (κ2) is 13.7. The van der Waals surface area contributed by atoms with E-state index in [0.29, 0.717) is 12.5 Å². The average Bonchev–Trinajstić information content (AvgIpc) is 4.00. The molecule has 0 spiro atoms. The number of H-pyrrole nitrogens is 2. The van der Waals surface area contributed by atoms with Gasteiger partial charge in [0.2, 0.25) is 5.91 Å². The normalized spacial score (nSPS) is 21.0. The van der Waals surface area contributed by atoms with Gasteiger partial charge in [0.15, 0.2) is 0 Å². The van der Waals surface area contributed by atoms with E-state index >= 15 is 0 Å². The van der Waals surface area contributed by atoms with Gasteiger partial charge in [-0.25, -0.2) is 19.6 Å². The molecule has 3 aromatic carbocycles. The van der Waals surface area contributed by atoms with Crippen molar-refractivity contribution in [2.45, 2.75) is 76.6 Å². The number of piperidine rings is 1. The number of carbonyl (C=O) groups is 3. The van der Waals surface area contributed by atoms with Crippen LogP contribution < -0.4 is 5.32 Å². The molecule has 12 nitrogen and oxygen atoms in total. The molecule has 8 rings (SSSR count). The topological polar surface area (TPSA) is 146 Å². The van der Waals surface area contributed by atoms with Crippen molar-refractivity contribution in [2.24, 2.45) is 5.92 Å². The molecule has 0 radical (unpaired) electrons. The van der Waals surface area contributed by atoms with Crippen LogP contribution in [0.4, 0.5) is 9.59 Å². The molecule has 4 heterocycles. The number of imidazole rings is 2. The number of aromatic nitrogens is 4. The molecular formula is C41H45N7O5. The van der Waals surface area contributed by atoms with Crippen molar-refractivity contribution in [3.05, 3.63) is 84.7 Å². The number of hydrogen-bond donors (Lipinski definition) is 3. The molecule has 3 amide bonds. The van der Waals surface area contributed by atoms with Crippen LogP contribution in [0.15, 0.2) is 73.1 Å². The number of amides is 3. The largest absolute Gasteiger partial charge is 0.453 e. The molecule has 2 aromatic heterocycles. The number of aromatic amines is 2. The molecule has 3 aliphatic rings. The highest BCUT2D eigenvalue weighted by Gasteiger charge is 2.51. The first-order valence-corrected chi connectivity index (χ1v) is 18.4. The molecule has 2 unspecified atom stereocenters. The van der Waals surface area contributed by atoms with Gasteiger partial charge in [0.05, 0.1) is 43.0 Å². The number of carbonyl (C=O) groups excluding carboxylic acids is 3. The highest BCUT2D eigenvalue weighted by Crippen LogP contribution is 2.50. The third kappa shape index (κ3) is 6.85. The van der Waals surface area contributed by atoms with E-state index in [2.05, 4.69) is 85.7 Å². The number of methoxy groups -OCH3 is 1. The summed E-state index contributed by atoms with van der Waals surface area (Å²) in [5.41, 5.74) is 5.53. The lowest BCUT2D eigenvalue weighted by molar-refractivity contribution is -0.131. The Balaban J connectivity index is 0.950. The minimum Gasteiger partial charge on any atom is -0.453 e. The smallest absolute Gasteiger partial charge is 0.411 e. The molecule has 3 N–H and O–H groups in total. The molecule has 2 bridgehead atoms. The van der Waals surface area contributed by atoms with Crippen LogP contribution in [0.1, 0.15) is 76.6 Å². The van der Waals surface area contributed by atoms with Crippen LogP contribution in [0.5, 0.6) is 0 Å². The SMILES string of the molecule is COC(=O)NCC(=O)N1CCC[C@H]1c1ncc(-c2ccc3cc(-c4ccc(-c5cnc([C@@H]6C7CCC(C7)N6C(=O)OC(C)(C)C)[nH]5)cc4)ccc3c2)[nH]1. The average molecular weight is 716 g/mol. The third-order valence-corrected chi connectivity index (χ3v) is 10.8. The Morgan fingerprint density at radius 3 is 2.21 bits per heavy atom. The van der Waals surface area contributed by atoms with Crippen molar-refractivity contribution >= 4 is 28.9 Å². The molecule has 2 aliphatic heterocycles. The number of hydrogen-bond acceptors (Lipinski definition) is 7. The van der Waals surface area contributed by atoms with Crippen molar-refractivity contribution in [3.8, 4) is 33.6 Å². The fraction of sp³-hybridized carbons (Fsp3) is 0.390. The van der Waals surface area contributed by atoms with Crippen molar-refractivity contribution in [1.29, 1.82) is 0 Å². The third-order valence-electron chi connectivity index (χ3n) is 10.8. The maximum absolute atomic E-state index is 13.2. The summed E-state index contributed by atoms with van der Waals surface area (Å²) < 4.78 is 10.4. The van der Waals surface area contributed by atoms with Crippen molar-refractivity contribution < 1.29 is 23.9 Å². The quantitative estimate of drug-likeness (QED) is 0.156. The summed E-state index contributed by atoms with van der Waals surface area (Å²) in [6.45, 7) is 6.22. The maximum atomic E-state index is 13.2. The molecule has 2 saturated heterocycles. The number of fused-ring (bicyclic) bond motifs is 3. The fourth-order valence-corrected chi connectivity index (χ4v) is 8.31. The standard InChI is InChI=1S/C41H45N7O5/c1-41(2,3)53-40(51)48-31-16-15-30(20-31)36(48)38-43-21-32(46-38)25-9-7-24(8-10-25)26-11-12-28-19-29(14-13-27(28)18-26)33-22-42-37(45-33)34-6-5-17-47(34)35(49)23-44-39(50)52-4/h7-14,18-19,21-22,30-31,34,36H,5-6,15-17,20,23H2,1-4H3,(H,42,45)(H,43,46)(H,44,50)/t30?,31?,34-,36-/m0/s1. The summed E-state index contributed by atoms with van der Waals surface area (Å²) in [4.78, 5) is 57.5. The fourth-order valence-electron chi connectivity index (χ4n) is 8.31. The van der Waals surface area contributed by atoms with Gasteiger partial charge in [0.1, 0.15) is 23.8 Å². The first-order chi connectivity index (χ1) is 25.5. The van der Waals surface area contributed by atoms with E-state index in [9.17, 15) is 14.4 Å². The van der Waals surface area contributed by atoms with Crippen molar-refractivity contribution in [1.82, 2.24) is 35.1 Å². The van der Waals surface area contributed by atoms with E-state index in [1.165, 1.54) is 7.11 Å². The molecule has 3 fully saturated rings. The molecule has 274 valence electrons. The first-order valence-electron chi connectivity index (χ1n) is 18.4. The zero-order chi connectivity index (χ0) is 36.9. The summed E-state index contributed by atoms with van der Waals surface area (Å²) in [5, 5.41) is 4.71. The van der Waals surface area contributed by atoms with E-state index in [-0.39, 0.29) is 36.7 Å². The minimum absolute atomic E-state index is 0.0958. The van der Waals surface area contributed by atoms with Gasteiger partial charge >= 0.3 is 12.2 Å². The molecule has 5 aromatic rings. The zero-order valence-corrected chi connectivity index (χ0v) is 30.5. The summed E-state index contributed by atoms with van der Waals surface area (Å²) in [6, 6.07) is 21.2. The van der Waals surface area contributed by atoms with Gasteiger partial charge in [-0.1, -0.05) is 48.5 Å². The summed E-state index contributed by atoms with van der Waals surface area (Å²) in [6.07, 6.45) is 7.58. The van der Waals surface area contributed by atoms with Gasteiger partial charge in [-0.05, 0) is 98.4 Å². The Kier molecular flexibility index (Phi) is 8.92. The lowest BCUT2D eigenvalue weighted by atomic mass is 9.98. The molecule has 1 aliphatic carbocycles. The number of rotatable bonds is 7. The predicted molar refractivity (Wildman–Crippen MR) is 201 cm³/mol. The van der Waals surface area contributed by atoms with Crippen LogP contribution in [0.25, 0.3) is 44.4 Å². The number of ether oxygens (including phenoxy) is 2. The Morgan fingerprint density at radius 2 is 1.47 bits per heavy atom. The Hall–Kier alpha value is -5.65. The van der Waals surface area contributed by atoms with E-state index in [1.54, 1.807) is 4.90 Å². The highest BCUT2D eigenvalue weighted by atomic mass is 16.6. The summed E-state index contributed by atoms with van der Waals surface area (Å²) >= 11 is 0. The van der Waals surface area contributed by atoms with Crippen LogP contribution in [0.3, 0.4) is 0 Å². The molecule has 53 heavy (non-hydrogen) atoms. The lowest BCUT2D eigenvalue weighted by Crippen LogP contribution is -2.43. The maximum Gasteiger partial charge on any atom is 0.411 e. The van der Waals surface area contributed by atoms with Gasteiger partial charge < -0.3 is 29.7 Å². The van der Waals surface area contributed by atoms with Crippen LogP contribution in [0, 0.1) is 5.92 Å². The number of benzene rings is 3. The van der Waals surface area contributed by atoms with E-state index in [4.69, 9.17) is 9.72 Å². The van der Waals surface area contributed by atoms with Crippen LogP contribution in [-0.2, 0) is 14.3 Å². The second-order valence-electron chi connectivity index (χ2n) is 15.4. The molecule has 1 saturated carbocycles. The molecule has 4 atom stereocenters.